The maximum Gasteiger partial charge on any atom is 0.162 e. The minimum absolute atomic E-state index is 0.115. The lowest BCUT2D eigenvalue weighted by Crippen LogP contribution is -2.45. The molecule has 1 saturated heterocycles. The SMILES string of the molecule is N#CC[C@H](c1cccc(O)c1O)N1CCNCC1. The van der Waals surface area contributed by atoms with Crippen LogP contribution in [0.4, 0.5) is 0 Å². The maximum absolute atomic E-state index is 9.92. The highest BCUT2D eigenvalue weighted by atomic mass is 16.3. The Balaban J connectivity index is 2.28. The summed E-state index contributed by atoms with van der Waals surface area (Å²) >= 11 is 0. The molecule has 1 aromatic carbocycles. The molecule has 0 amide bonds. The highest BCUT2D eigenvalue weighted by molar-refractivity contribution is 5.46. The Bertz CT molecular complexity index is 450. The van der Waals surface area contributed by atoms with Gasteiger partial charge in [0.05, 0.1) is 18.5 Å². The first kappa shape index (κ1) is 12.7. The van der Waals surface area contributed by atoms with Crippen molar-refractivity contribution in [3.63, 3.8) is 0 Å². The molecular formula is C13H17N3O2. The fraction of sp³-hybridized carbons (Fsp3) is 0.462. The van der Waals surface area contributed by atoms with E-state index in [0.717, 1.165) is 26.2 Å². The molecule has 1 fully saturated rings. The number of benzene rings is 1. The Morgan fingerprint density at radius 1 is 1.33 bits per heavy atom. The van der Waals surface area contributed by atoms with Crippen molar-refractivity contribution in [2.45, 2.75) is 12.5 Å². The molecule has 0 unspecified atom stereocenters. The Hall–Kier alpha value is -1.77. The summed E-state index contributed by atoms with van der Waals surface area (Å²) in [6.07, 6.45) is 0.303. The minimum atomic E-state index is -0.163. The fourth-order valence-corrected chi connectivity index (χ4v) is 2.33. The largest absolute Gasteiger partial charge is 0.504 e. The van der Waals surface area contributed by atoms with Crippen LogP contribution in [0.1, 0.15) is 18.0 Å². The van der Waals surface area contributed by atoms with Gasteiger partial charge in [0.2, 0.25) is 0 Å². The quantitative estimate of drug-likeness (QED) is 0.693. The second-order valence-corrected chi connectivity index (χ2v) is 4.38. The highest BCUT2D eigenvalue weighted by Gasteiger charge is 2.25. The van der Waals surface area contributed by atoms with E-state index in [1.54, 1.807) is 12.1 Å². The average Bonchev–Trinajstić information content (AvgIpc) is 2.41. The summed E-state index contributed by atoms with van der Waals surface area (Å²) in [5, 5.41) is 31.7. The molecule has 1 aromatic rings. The van der Waals surface area contributed by atoms with E-state index >= 15 is 0 Å². The van der Waals surface area contributed by atoms with Gasteiger partial charge in [0.25, 0.3) is 0 Å². The fourth-order valence-electron chi connectivity index (χ4n) is 2.33. The molecule has 0 saturated carbocycles. The number of aromatic hydroxyl groups is 2. The number of rotatable bonds is 3. The number of piperazine rings is 1. The summed E-state index contributed by atoms with van der Waals surface area (Å²) in [6.45, 7) is 3.42. The van der Waals surface area contributed by atoms with Gasteiger partial charge in [-0.25, -0.2) is 0 Å². The Morgan fingerprint density at radius 2 is 2.06 bits per heavy atom. The smallest absolute Gasteiger partial charge is 0.162 e. The van der Waals surface area contributed by atoms with E-state index in [9.17, 15) is 10.2 Å². The van der Waals surface area contributed by atoms with E-state index < -0.39 is 0 Å². The second kappa shape index (κ2) is 5.71. The lowest BCUT2D eigenvalue weighted by Gasteiger charge is -2.34. The van der Waals surface area contributed by atoms with Crippen molar-refractivity contribution in [1.82, 2.24) is 10.2 Å². The van der Waals surface area contributed by atoms with Crippen LogP contribution in [0.15, 0.2) is 18.2 Å². The first-order chi connectivity index (χ1) is 8.74. The third kappa shape index (κ3) is 2.55. The second-order valence-electron chi connectivity index (χ2n) is 4.38. The molecule has 96 valence electrons. The summed E-state index contributed by atoms with van der Waals surface area (Å²) in [4.78, 5) is 2.16. The van der Waals surface area contributed by atoms with Crippen LogP contribution in [0, 0.1) is 11.3 Å². The Labute approximate surface area is 106 Å². The van der Waals surface area contributed by atoms with Gasteiger partial charge in [-0.15, -0.1) is 0 Å². The molecule has 0 aliphatic carbocycles. The molecule has 0 spiro atoms. The lowest BCUT2D eigenvalue weighted by atomic mass is 10.0. The van der Waals surface area contributed by atoms with Crippen molar-refractivity contribution in [3.05, 3.63) is 23.8 Å². The molecule has 1 aliphatic heterocycles. The average molecular weight is 247 g/mol. The van der Waals surface area contributed by atoms with Crippen LogP contribution < -0.4 is 5.32 Å². The van der Waals surface area contributed by atoms with Gasteiger partial charge in [-0.1, -0.05) is 12.1 Å². The zero-order chi connectivity index (χ0) is 13.0. The van der Waals surface area contributed by atoms with Gasteiger partial charge in [-0.2, -0.15) is 5.26 Å². The van der Waals surface area contributed by atoms with E-state index in [1.807, 2.05) is 0 Å². The summed E-state index contributed by atoms with van der Waals surface area (Å²) in [6, 6.07) is 6.89. The number of phenolic OH excluding ortho intramolecular Hbond substituents is 2. The first-order valence-corrected chi connectivity index (χ1v) is 6.06. The molecular weight excluding hydrogens is 230 g/mol. The van der Waals surface area contributed by atoms with Gasteiger partial charge in [-0.3, -0.25) is 4.90 Å². The Kier molecular flexibility index (Phi) is 4.03. The monoisotopic (exact) mass is 247 g/mol. The van der Waals surface area contributed by atoms with Crippen molar-refractivity contribution in [1.29, 1.82) is 5.26 Å². The van der Waals surface area contributed by atoms with E-state index in [2.05, 4.69) is 16.3 Å². The van der Waals surface area contributed by atoms with Crippen molar-refractivity contribution < 1.29 is 10.2 Å². The molecule has 2 rings (SSSR count). The van der Waals surface area contributed by atoms with Crippen LogP contribution in [0.25, 0.3) is 0 Å². The van der Waals surface area contributed by atoms with Crippen LogP contribution in [0.3, 0.4) is 0 Å². The number of nitriles is 1. The maximum atomic E-state index is 9.92. The van der Waals surface area contributed by atoms with Crippen molar-refractivity contribution in [3.8, 4) is 17.6 Å². The van der Waals surface area contributed by atoms with E-state index in [4.69, 9.17) is 5.26 Å². The lowest BCUT2D eigenvalue weighted by molar-refractivity contribution is 0.172. The molecule has 0 aromatic heterocycles. The number of hydrogen-bond donors (Lipinski definition) is 3. The third-order valence-electron chi connectivity index (χ3n) is 3.28. The zero-order valence-electron chi connectivity index (χ0n) is 10.1. The van der Waals surface area contributed by atoms with Crippen molar-refractivity contribution in [2.24, 2.45) is 0 Å². The highest BCUT2D eigenvalue weighted by Crippen LogP contribution is 2.36. The van der Waals surface area contributed by atoms with Crippen LogP contribution in [0.5, 0.6) is 11.5 Å². The normalized spacial score (nSPS) is 18.2. The van der Waals surface area contributed by atoms with Gasteiger partial charge < -0.3 is 15.5 Å². The molecule has 5 heteroatoms. The first-order valence-electron chi connectivity index (χ1n) is 6.06. The van der Waals surface area contributed by atoms with Crippen LogP contribution in [-0.2, 0) is 0 Å². The molecule has 3 N–H and O–H groups in total. The number of para-hydroxylation sites is 1. The molecule has 1 aliphatic rings. The summed E-state index contributed by atoms with van der Waals surface area (Å²) < 4.78 is 0. The van der Waals surface area contributed by atoms with Gasteiger partial charge in [-0.05, 0) is 6.07 Å². The number of nitrogens with one attached hydrogen (secondary N) is 1. The molecule has 0 radical (unpaired) electrons. The number of hydrogen-bond acceptors (Lipinski definition) is 5. The molecule has 5 nitrogen and oxygen atoms in total. The predicted molar refractivity (Wildman–Crippen MR) is 67.2 cm³/mol. The van der Waals surface area contributed by atoms with Crippen LogP contribution in [-0.4, -0.2) is 41.3 Å². The summed E-state index contributed by atoms with van der Waals surface area (Å²) in [5.74, 6) is -0.248. The topological polar surface area (TPSA) is 79.5 Å². The van der Waals surface area contributed by atoms with Gasteiger partial charge in [0.1, 0.15) is 0 Å². The van der Waals surface area contributed by atoms with E-state index in [1.165, 1.54) is 6.07 Å². The standard InChI is InChI=1S/C13H17N3O2/c14-5-4-11(16-8-6-15-7-9-16)10-2-1-3-12(17)13(10)18/h1-3,11,15,17-18H,4,6-9H2/t11-/m1/s1. The molecule has 18 heavy (non-hydrogen) atoms. The minimum Gasteiger partial charge on any atom is -0.504 e. The summed E-state index contributed by atoms with van der Waals surface area (Å²) in [7, 11) is 0. The zero-order valence-corrected chi connectivity index (χ0v) is 10.1. The summed E-state index contributed by atoms with van der Waals surface area (Å²) in [5.41, 5.74) is 0.624. The van der Waals surface area contributed by atoms with E-state index in [-0.39, 0.29) is 17.5 Å². The molecule has 0 bridgehead atoms. The van der Waals surface area contributed by atoms with Gasteiger partial charge in [0.15, 0.2) is 11.5 Å². The number of nitrogens with zero attached hydrogens (tertiary/aromatic N) is 2. The van der Waals surface area contributed by atoms with Gasteiger partial charge >= 0.3 is 0 Å². The predicted octanol–water partition coefficient (Wildman–Crippen LogP) is 0.958. The van der Waals surface area contributed by atoms with E-state index in [0.29, 0.717) is 12.0 Å². The van der Waals surface area contributed by atoms with Crippen LogP contribution in [0.2, 0.25) is 0 Å². The van der Waals surface area contributed by atoms with Crippen molar-refractivity contribution >= 4 is 0 Å². The molecule has 1 atom stereocenters. The molecule has 1 heterocycles. The van der Waals surface area contributed by atoms with Crippen LogP contribution >= 0.6 is 0 Å². The number of phenols is 2. The third-order valence-corrected chi connectivity index (χ3v) is 3.28. The van der Waals surface area contributed by atoms with Gasteiger partial charge in [0, 0.05) is 31.7 Å². The van der Waals surface area contributed by atoms with Crippen molar-refractivity contribution in [2.75, 3.05) is 26.2 Å². The Morgan fingerprint density at radius 3 is 2.72 bits per heavy atom.